The van der Waals surface area contributed by atoms with Crippen LogP contribution in [0, 0.1) is 0 Å². The van der Waals surface area contributed by atoms with E-state index in [1.807, 2.05) is 6.20 Å². The largest absolute Gasteiger partial charge is 0.355 e. The first kappa shape index (κ1) is 11.4. The quantitative estimate of drug-likeness (QED) is 0.763. The Labute approximate surface area is 115 Å². The number of aromatic nitrogens is 6. The predicted octanol–water partition coefficient (Wildman–Crippen LogP) is 1.53. The summed E-state index contributed by atoms with van der Waals surface area (Å²) in [5, 5.41) is 5.68. The second kappa shape index (κ2) is 4.59. The Kier molecular flexibility index (Phi) is 2.61. The Morgan fingerprint density at radius 1 is 1.10 bits per heavy atom. The zero-order chi connectivity index (χ0) is 13.4. The van der Waals surface area contributed by atoms with E-state index < -0.39 is 0 Å². The van der Waals surface area contributed by atoms with E-state index in [9.17, 15) is 0 Å². The molecule has 102 valence electrons. The Bertz CT molecular complexity index is 709. The SMILES string of the molecule is c1c[nH]c(-n2nc(N3CCCCC3)c3cncnc32)n1. The predicted molar refractivity (Wildman–Crippen MR) is 74.9 cm³/mol. The molecule has 0 atom stereocenters. The van der Waals surface area contributed by atoms with E-state index in [4.69, 9.17) is 5.10 Å². The molecule has 0 spiro atoms. The molecule has 1 N–H and O–H groups in total. The molecule has 1 aliphatic heterocycles. The molecule has 0 unspecified atom stereocenters. The molecule has 0 aliphatic carbocycles. The fourth-order valence-corrected chi connectivity index (χ4v) is 2.71. The van der Waals surface area contributed by atoms with Crippen molar-refractivity contribution in [1.29, 1.82) is 0 Å². The molecular formula is C13H15N7. The molecule has 3 aromatic heterocycles. The molecule has 0 aromatic carbocycles. The lowest BCUT2D eigenvalue weighted by molar-refractivity contribution is 0.572. The fourth-order valence-electron chi connectivity index (χ4n) is 2.71. The van der Waals surface area contributed by atoms with Crippen LogP contribution in [0.25, 0.3) is 17.0 Å². The van der Waals surface area contributed by atoms with Crippen molar-refractivity contribution < 1.29 is 0 Å². The summed E-state index contributed by atoms with van der Waals surface area (Å²) in [5.41, 5.74) is 0.788. The number of nitrogens with zero attached hydrogens (tertiary/aromatic N) is 6. The van der Waals surface area contributed by atoms with Gasteiger partial charge in [-0.25, -0.2) is 15.0 Å². The van der Waals surface area contributed by atoms with Crippen LogP contribution in [-0.2, 0) is 0 Å². The van der Waals surface area contributed by atoms with Crippen LogP contribution in [0.1, 0.15) is 19.3 Å². The summed E-state index contributed by atoms with van der Waals surface area (Å²) in [6.07, 6.45) is 10.6. The van der Waals surface area contributed by atoms with Gasteiger partial charge >= 0.3 is 0 Å². The van der Waals surface area contributed by atoms with Crippen molar-refractivity contribution in [2.45, 2.75) is 19.3 Å². The maximum absolute atomic E-state index is 4.70. The molecule has 0 radical (unpaired) electrons. The number of imidazole rings is 1. The van der Waals surface area contributed by atoms with E-state index in [2.05, 4.69) is 24.8 Å². The van der Waals surface area contributed by atoms with Gasteiger partial charge in [-0.3, -0.25) is 0 Å². The van der Waals surface area contributed by atoms with Gasteiger partial charge in [-0.2, -0.15) is 4.68 Å². The Balaban J connectivity index is 1.89. The number of aromatic amines is 1. The van der Waals surface area contributed by atoms with Crippen LogP contribution in [0.4, 0.5) is 5.82 Å². The second-order valence-electron chi connectivity index (χ2n) is 4.96. The zero-order valence-corrected chi connectivity index (χ0v) is 11.0. The number of rotatable bonds is 2. The van der Waals surface area contributed by atoms with Gasteiger partial charge in [-0.15, -0.1) is 5.10 Å². The first-order valence-corrected chi connectivity index (χ1v) is 6.87. The highest BCUT2D eigenvalue weighted by Gasteiger charge is 2.20. The summed E-state index contributed by atoms with van der Waals surface area (Å²) in [5.74, 6) is 1.63. The Morgan fingerprint density at radius 3 is 2.80 bits per heavy atom. The second-order valence-corrected chi connectivity index (χ2v) is 4.96. The standard InChI is InChI=1S/C13H15N7/c1-2-6-19(7-3-1)12-10-8-14-9-17-11(10)20(18-12)13-15-4-5-16-13/h4-5,8-9H,1-3,6-7H2,(H,15,16). The highest BCUT2D eigenvalue weighted by Crippen LogP contribution is 2.27. The lowest BCUT2D eigenvalue weighted by atomic mass is 10.1. The molecule has 3 aromatic rings. The molecule has 0 saturated carbocycles. The third kappa shape index (κ3) is 1.74. The number of anilines is 1. The van der Waals surface area contributed by atoms with Gasteiger partial charge in [-0.05, 0) is 19.3 Å². The molecule has 20 heavy (non-hydrogen) atoms. The molecule has 4 heterocycles. The van der Waals surface area contributed by atoms with Crippen molar-refractivity contribution in [1.82, 2.24) is 29.7 Å². The van der Waals surface area contributed by atoms with Crippen molar-refractivity contribution in [3.05, 3.63) is 24.9 Å². The van der Waals surface area contributed by atoms with Gasteiger partial charge in [0.1, 0.15) is 6.33 Å². The molecular weight excluding hydrogens is 254 g/mol. The van der Waals surface area contributed by atoms with Crippen LogP contribution >= 0.6 is 0 Å². The number of piperidine rings is 1. The average Bonchev–Trinajstić information content (AvgIpc) is 3.15. The number of hydrogen-bond donors (Lipinski definition) is 1. The molecule has 7 nitrogen and oxygen atoms in total. The summed E-state index contributed by atoms with van der Waals surface area (Å²) < 4.78 is 1.75. The minimum atomic E-state index is 0.678. The van der Waals surface area contributed by atoms with Crippen molar-refractivity contribution in [3.8, 4) is 5.95 Å². The van der Waals surface area contributed by atoms with Gasteiger partial charge in [0.05, 0.1) is 5.39 Å². The molecule has 4 rings (SSSR count). The third-order valence-corrected chi connectivity index (χ3v) is 3.67. The van der Waals surface area contributed by atoms with Gasteiger partial charge in [0.2, 0.25) is 5.95 Å². The highest BCUT2D eigenvalue weighted by atomic mass is 15.4. The van der Waals surface area contributed by atoms with Gasteiger partial charge in [-0.1, -0.05) is 0 Å². The van der Waals surface area contributed by atoms with Gasteiger partial charge < -0.3 is 9.88 Å². The van der Waals surface area contributed by atoms with Gasteiger partial charge in [0.25, 0.3) is 0 Å². The summed E-state index contributed by atoms with van der Waals surface area (Å²) in [7, 11) is 0. The summed E-state index contributed by atoms with van der Waals surface area (Å²) in [4.78, 5) is 18.1. The van der Waals surface area contributed by atoms with Crippen molar-refractivity contribution in [3.63, 3.8) is 0 Å². The first-order chi connectivity index (χ1) is 9.93. The van der Waals surface area contributed by atoms with Crippen molar-refractivity contribution in [2.24, 2.45) is 0 Å². The maximum Gasteiger partial charge on any atom is 0.230 e. The number of nitrogens with one attached hydrogen (secondary N) is 1. The van der Waals surface area contributed by atoms with E-state index in [1.165, 1.54) is 19.3 Å². The molecule has 0 bridgehead atoms. The van der Waals surface area contributed by atoms with Gasteiger partial charge in [0.15, 0.2) is 11.5 Å². The number of H-pyrrole nitrogens is 1. The lowest BCUT2D eigenvalue weighted by Gasteiger charge is -2.26. The molecule has 0 amide bonds. The maximum atomic E-state index is 4.70. The Hall–Kier alpha value is -2.44. The smallest absolute Gasteiger partial charge is 0.230 e. The molecule has 1 saturated heterocycles. The minimum Gasteiger partial charge on any atom is -0.355 e. The molecule has 1 aliphatic rings. The van der Waals surface area contributed by atoms with Crippen molar-refractivity contribution in [2.75, 3.05) is 18.0 Å². The zero-order valence-electron chi connectivity index (χ0n) is 11.0. The van der Waals surface area contributed by atoms with Crippen LogP contribution in [0.15, 0.2) is 24.9 Å². The van der Waals surface area contributed by atoms with Crippen LogP contribution in [0.5, 0.6) is 0 Å². The normalized spacial score (nSPS) is 15.9. The fraction of sp³-hybridized carbons (Fsp3) is 0.385. The van der Waals surface area contributed by atoms with Gasteiger partial charge in [0, 0.05) is 31.7 Å². The topological polar surface area (TPSA) is 75.5 Å². The first-order valence-electron chi connectivity index (χ1n) is 6.87. The Morgan fingerprint density at radius 2 is 2.00 bits per heavy atom. The van der Waals surface area contributed by atoms with Crippen LogP contribution < -0.4 is 4.90 Å². The van der Waals surface area contributed by atoms with Crippen molar-refractivity contribution >= 4 is 16.9 Å². The third-order valence-electron chi connectivity index (χ3n) is 3.67. The number of fused-ring (bicyclic) bond motifs is 1. The summed E-state index contributed by atoms with van der Waals surface area (Å²) in [6, 6.07) is 0. The molecule has 7 heteroatoms. The average molecular weight is 269 g/mol. The van der Waals surface area contributed by atoms with E-state index in [1.54, 1.807) is 23.4 Å². The lowest BCUT2D eigenvalue weighted by Crippen LogP contribution is -2.30. The summed E-state index contributed by atoms with van der Waals surface area (Å²) >= 11 is 0. The van der Waals surface area contributed by atoms with E-state index in [0.29, 0.717) is 5.95 Å². The van der Waals surface area contributed by atoms with Crippen LogP contribution in [0.2, 0.25) is 0 Å². The molecule has 1 fully saturated rings. The van der Waals surface area contributed by atoms with Crippen LogP contribution in [0.3, 0.4) is 0 Å². The minimum absolute atomic E-state index is 0.678. The van der Waals surface area contributed by atoms with Crippen LogP contribution in [-0.4, -0.2) is 42.8 Å². The highest BCUT2D eigenvalue weighted by molar-refractivity contribution is 5.88. The van der Waals surface area contributed by atoms with E-state index in [-0.39, 0.29) is 0 Å². The summed E-state index contributed by atoms with van der Waals surface area (Å²) in [6.45, 7) is 2.08. The van der Waals surface area contributed by atoms with E-state index >= 15 is 0 Å². The monoisotopic (exact) mass is 269 g/mol. The number of hydrogen-bond acceptors (Lipinski definition) is 5. The van der Waals surface area contributed by atoms with E-state index in [0.717, 1.165) is 29.9 Å².